The van der Waals surface area contributed by atoms with Crippen molar-refractivity contribution >= 4 is 34.7 Å². The van der Waals surface area contributed by atoms with Crippen LogP contribution in [0.1, 0.15) is 11.1 Å². The Morgan fingerprint density at radius 1 is 1.10 bits per heavy atom. The Morgan fingerprint density at radius 2 is 1.90 bits per heavy atom. The molecule has 8 heteroatoms. The van der Waals surface area contributed by atoms with E-state index in [4.69, 9.17) is 11.6 Å². The van der Waals surface area contributed by atoms with Crippen LogP contribution in [-0.4, -0.2) is 22.4 Å². The van der Waals surface area contributed by atoms with Crippen molar-refractivity contribution in [3.63, 3.8) is 0 Å². The molecule has 2 aromatic carbocycles. The summed E-state index contributed by atoms with van der Waals surface area (Å²) in [7, 11) is 1.57. The van der Waals surface area contributed by atoms with E-state index in [9.17, 15) is 9.59 Å². The molecule has 0 radical (unpaired) electrons. The minimum atomic E-state index is -0.317. The van der Waals surface area contributed by atoms with Gasteiger partial charge < -0.3 is 15.5 Å². The van der Waals surface area contributed by atoms with Crippen LogP contribution in [0.3, 0.4) is 0 Å². The SMILES string of the molecule is Cn1ncc(N2CCc3c(cccc3NC(=O)Nc3ccccc3)C2)c(Cl)c1=O. The molecule has 0 atom stereocenters. The van der Waals surface area contributed by atoms with Gasteiger partial charge in [0.25, 0.3) is 5.56 Å². The summed E-state index contributed by atoms with van der Waals surface area (Å²) in [4.78, 5) is 26.5. The normalized spacial score (nSPS) is 13.0. The van der Waals surface area contributed by atoms with Crippen LogP contribution >= 0.6 is 11.6 Å². The van der Waals surface area contributed by atoms with Gasteiger partial charge >= 0.3 is 6.03 Å². The van der Waals surface area contributed by atoms with E-state index < -0.39 is 0 Å². The Bertz CT molecular complexity index is 1110. The Morgan fingerprint density at radius 3 is 2.69 bits per heavy atom. The van der Waals surface area contributed by atoms with Crippen molar-refractivity contribution in [1.82, 2.24) is 9.78 Å². The third kappa shape index (κ3) is 3.95. The highest BCUT2D eigenvalue weighted by atomic mass is 35.5. The maximum Gasteiger partial charge on any atom is 0.323 e. The number of aromatic nitrogens is 2. The molecule has 0 saturated heterocycles. The first-order valence-corrected chi connectivity index (χ1v) is 9.61. The summed E-state index contributed by atoms with van der Waals surface area (Å²) in [6.45, 7) is 1.25. The summed E-state index contributed by atoms with van der Waals surface area (Å²) in [5.74, 6) is 0. The van der Waals surface area contributed by atoms with Crippen LogP contribution in [0.2, 0.25) is 5.02 Å². The van der Waals surface area contributed by atoms with Crippen LogP contribution < -0.4 is 21.1 Å². The van der Waals surface area contributed by atoms with Crippen LogP contribution in [0.15, 0.2) is 59.5 Å². The van der Waals surface area contributed by atoms with Gasteiger partial charge in [0, 0.05) is 31.5 Å². The first-order chi connectivity index (χ1) is 14.0. The Labute approximate surface area is 172 Å². The van der Waals surface area contributed by atoms with Crippen molar-refractivity contribution in [3.8, 4) is 0 Å². The van der Waals surface area contributed by atoms with Gasteiger partial charge in [-0.1, -0.05) is 41.9 Å². The first-order valence-electron chi connectivity index (χ1n) is 9.23. The average molecular weight is 410 g/mol. The molecule has 3 aromatic rings. The molecule has 2 heterocycles. The van der Waals surface area contributed by atoms with Crippen molar-refractivity contribution in [1.29, 1.82) is 0 Å². The predicted molar refractivity (Wildman–Crippen MR) is 115 cm³/mol. The van der Waals surface area contributed by atoms with Gasteiger partial charge in [0.1, 0.15) is 5.02 Å². The fourth-order valence-corrected chi connectivity index (χ4v) is 3.75. The summed E-state index contributed by atoms with van der Waals surface area (Å²) in [6, 6.07) is 14.8. The van der Waals surface area contributed by atoms with Gasteiger partial charge in [-0.05, 0) is 35.7 Å². The zero-order valence-electron chi connectivity index (χ0n) is 15.9. The molecular formula is C21H20ClN5O2. The zero-order valence-corrected chi connectivity index (χ0v) is 16.6. The number of nitrogens with one attached hydrogen (secondary N) is 2. The highest BCUT2D eigenvalue weighted by Crippen LogP contribution is 2.31. The summed E-state index contributed by atoms with van der Waals surface area (Å²) >= 11 is 6.26. The molecule has 0 spiro atoms. The van der Waals surface area contributed by atoms with Crippen LogP contribution in [0.5, 0.6) is 0 Å². The van der Waals surface area contributed by atoms with Gasteiger partial charge in [-0.2, -0.15) is 5.10 Å². The lowest BCUT2D eigenvalue weighted by Gasteiger charge is -2.32. The molecule has 2 N–H and O–H groups in total. The van der Waals surface area contributed by atoms with Crippen molar-refractivity contribution in [2.24, 2.45) is 7.05 Å². The van der Waals surface area contributed by atoms with E-state index in [-0.39, 0.29) is 16.6 Å². The molecule has 0 fully saturated rings. The minimum absolute atomic E-state index is 0.169. The molecule has 0 aliphatic carbocycles. The highest BCUT2D eigenvalue weighted by molar-refractivity contribution is 6.33. The second-order valence-corrected chi connectivity index (χ2v) is 7.21. The number of carbonyl (C=O) groups excluding carboxylic acids is 1. The number of aryl methyl sites for hydroxylation is 1. The number of para-hydroxylation sites is 1. The molecule has 4 rings (SSSR count). The summed E-state index contributed by atoms with van der Waals surface area (Å²) in [5, 5.41) is 10.0. The van der Waals surface area contributed by atoms with Crippen molar-refractivity contribution in [3.05, 3.63) is 81.2 Å². The molecular weight excluding hydrogens is 390 g/mol. The fraction of sp³-hybridized carbons (Fsp3) is 0.190. The van der Waals surface area contributed by atoms with E-state index in [1.165, 1.54) is 4.68 Å². The summed E-state index contributed by atoms with van der Waals surface area (Å²) < 4.78 is 1.22. The number of urea groups is 1. The molecule has 148 valence electrons. The van der Waals surface area contributed by atoms with Crippen LogP contribution in [-0.2, 0) is 20.0 Å². The van der Waals surface area contributed by atoms with Crippen LogP contribution in [0.4, 0.5) is 21.9 Å². The summed E-state index contributed by atoms with van der Waals surface area (Å²) in [6.07, 6.45) is 2.33. The van der Waals surface area contributed by atoms with Crippen molar-refractivity contribution in [2.45, 2.75) is 13.0 Å². The topological polar surface area (TPSA) is 79.3 Å². The van der Waals surface area contributed by atoms with Gasteiger partial charge in [0.15, 0.2) is 0 Å². The lowest BCUT2D eigenvalue weighted by atomic mass is 9.97. The van der Waals surface area contributed by atoms with Crippen molar-refractivity contribution < 1.29 is 4.79 Å². The number of benzene rings is 2. The smallest absolute Gasteiger partial charge is 0.323 e. The molecule has 0 unspecified atom stereocenters. The molecule has 1 aliphatic rings. The molecule has 1 aliphatic heterocycles. The quantitative estimate of drug-likeness (QED) is 0.692. The molecule has 1 aromatic heterocycles. The Hall–Kier alpha value is -3.32. The number of nitrogens with zero attached hydrogens (tertiary/aromatic N) is 3. The molecule has 2 amide bonds. The number of anilines is 3. The summed E-state index contributed by atoms with van der Waals surface area (Å²) in [5.41, 5.74) is 3.98. The Balaban J connectivity index is 1.53. The highest BCUT2D eigenvalue weighted by Gasteiger charge is 2.22. The lowest BCUT2D eigenvalue weighted by Crippen LogP contribution is -2.33. The third-order valence-electron chi connectivity index (χ3n) is 4.95. The average Bonchev–Trinajstić information content (AvgIpc) is 2.73. The van der Waals surface area contributed by atoms with E-state index in [2.05, 4.69) is 15.7 Å². The number of hydrogen-bond donors (Lipinski definition) is 2. The zero-order chi connectivity index (χ0) is 20.4. The number of rotatable bonds is 3. The largest absolute Gasteiger partial charge is 0.364 e. The van der Waals surface area contributed by atoms with Crippen LogP contribution in [0, 0.1) is 0 Å². The van der Waals surface area contributed by atoms with Gasteiger partial charge in [0.2, 0.25) is 0 Å². The third-order valence-corrected chi connectivity index (χ3v) is 5.30. The lowest BCUT2D eigenvalue weighted by molar-refractivity contribution is 0.262. The Kier molecular flexibility index (Phi) is 5.22. The second-order valence-electron chi connectivity index (χ2n) is 6.83. The number of fused-ring (bicyclic) bond motifs is 1. The number of hydrogen-bond acceptors (Lipinski definition) is 4. The first kappa shape index (κ1) is 19.0. The molecule has 29 heavy (non-hydrogen) atoms. The van der Waals surface area contributed by atoms with E-state index in [1.54, 1.807) is 13.2 Å². The number of carbonyl (C=O) groups is 1. The number of amides is 2. The van der Waals surface area contributed by atoms with Gasteiger partial charge in [0.05, 0.1) is 11.9 Å². The van der Waals surface area contributed by atoms with Crippen LogP contribution in [0.25, 0.3) is 0 Å². The molecule has 0 bridgehead atoms. The molecule has 7 nitrogen and oxygen atoms in total. The second kappa shape index (κ2) is 7.97. The fourth-order valence-electron chi connectivity index (χ4n) is 3.46. The number of halogens is 1. The molecule has 0 saturated carbocycles. The monoisotopic (exact) mass is 409 g/mol. The predicted octanol–water partition coefficient (Wildman–Crippen LogP) is 3.64. The standard InChI is InChI=1S/C21H20ClN5O2/c1-26-20(28)19(22)18(12-23-26)27-11-10-16-14(13-27)6-5-9-17(16)25-21(29)24-15-7-3-2-4-8-15/h2-9,12H,10-11,13H2,1H3,(H2,24,25,29). The van der Waals surface area contributed by atoms with E-state index >= 15 is 0 Å². The van der Waals surface area contributed by atoms with E-state index in [0.717, 1.165) is 22.5 Å². The van der Waals surface area contributed by atoms with E-state index in [0.29, 0.717) is 25.2 Å². The van der Waals surface area contributed by atoms with E-state index in [1.807, 2.05) is 53.4 Å². The van der Waals surface area contributed by atoms with Crippen molar-refractivity contribution in [2.75, 3.05) is 22.1 Å². The maximum atomic E-state index is 12.4. The van der Waals surface area contributed by atoms with Gasteiger partial charge in [-0.3, -0.25) is 4.79 Å². The minimum Gasteiger partial charge on any atom is -0.364 e. The van der Waals surface area contributed by atoms with Gasteiger partial charge in [-0.25, -0.2) is 9.48 Å². The maximum absolute atomic E-state index is 12.4. The van der Waals surface area contributed by atoms with Gasteiger partial charge in [-0.15, -0.1) is 0 Å².